The van der Waals surface area contributed by atoms with Gasteiger partial charge in [0, 0.05) is 31.7 Å². The second-order valence-electron chi connectivity index (χ2n) is 19.2. The number of rotatable bonds is 13. The molecule has 364 valence electrons. The van der Waals surface area contributed by atoms with Crippen molar-refractivity contribution in [2.24, 2.45) is 22.5 Å². The van der Waals surface area contributed by atoms with E-state index in [0.29, 0.717) is 0 Å². The number of aliphatic hydroxyl groups excluding tert-OH is 2. The highest BCUT2D eigenvalue weighted by Gasteiger charge is 2.78. The van der Waals surface area contributed by atoms with Crippen LogP contribution in [0.3, 0.4) is 0 Å². The molecule has 0 aromatic heterocycles. The molecule has 0 radical (unpaired) electrons. The lowest BCUT2D eigenvalue weighted by atomic mass is 9.44. The SMILES string of the molecule is CC(=O)O[C@@]12CO[C@@H]1C[C@H](O)[C@@]1(C)C(=O)[C@H](O)C3=C(C)[C@@H](OC(=O)[C@H](OC(=O)COC(=O)CCN)[C@H](NC(=O)OC(C)(C)C)c4ccccc4)CC(O)(C(OC(=O)c4ccccc4)[C@H]21)C3(C)C. The predicted octanol–water partition coefficient (Wildman–Crippen LogP) is 2.70. The number of carbonyl (C=O) groups is 7. The standard InChI is InChI=1S/C48H60N2O17/c1-25-29(63-42(58)37(64-33(54)23-61-32(53)19-20-49)35(27-15-11-9-12-16-27)50-43(59)67-44(3,4)5)22-48(60)40(65-41(57)28-17-13-10-14-18-28)38-46(8,39(56)36(55)34(25)45(48,6)7)30(52)21-31-47(38,24-62-31)66-26(2)51/h9-18,29-31,35-38,40,52,55,60H,19-24,49H2,1-8H3,(H,50,59)/t29-,30-,31+,35+,36+,37+,38-,40?,46+,47-,48?/m0/s1. The molecular weight excluding hydrogens is 877 g/mol. The molecule has 2 bridgehead atoms. The number of esters is 5. The Hall–Kier alpha value is -5.73. The highest BCUT2D eigenvalue weighted by molar-refractivity contribution is 5.94. The molecule has 2 aromatic rings. The molecule has 19 heteroatoms. The van der Waals surface area contributed by atoms with Crippen LogP contribution in [0.15, 0.2) is 71.8 Å². The van der Waals surface area contributed by atoms with Gasteiger partial charge in [0.1, 0.15) is 41.7 Å². The third-order valence-electron chi connectivity index (χ3n) is 13.5. The fourth-order valence-electron chi connectivity index (χ4n) is 10.2. The first-order valence-corrected chi connectivity index (χ1v) is 22.0. The van der Waals surface area contributed by atoms with Gasteiger partial charge in [-0.1, -0.05) is 62.4 Å². The lowest BCUT2D eigenvalue weighted by molar-refractivity contribution is -0.346. The van der Waals surface area contributed by atoms with Gasteiger partial charge in [0.2, 0.25) is 6.10 Å². The van der Waals surface area contributed by atoms with Gasteiger partial charge in [0.05, 0.1) is 36.0 Å². The van der Waals surface area contributed by atoms with Crippen molar-refractivity contribution in [2.75, 3.05) is 19.8 Å². The molecule has 2 aromatic carbocycles. The number of alkyl carbamates (subject to hydrolysis) is 1. The van der Waals surface area contributed by atoms with Gasteiger partial charge >= 0.3 is 35.9 Å². The van der Waals surface area contributed by atoms with E-state index in [1.807, 2.05) is 0 Å². The fraction of sp³-hybridized carbons (Fsp3) is 0.562. The van der Waals surface area contributed by atoms with Crippen molar-refractivity contribution in [3.63, 3.8) is 0 Å². The molecule has 4 aliphatic rings. The molecule has 0 spiro atoms. The van der Waals surface area contributed by atoms with Crippen molar-refractivity contribution >= 4 is 41.7 Å². The Labute approximate surface area is 387 Å². The van der Waals surface area contributed by atoms with Crippen molar-refractivity contribution in [3.8, 4) is 0 Å². The molecule has 6 rings (SSSR count). The van der Waals surface area contributed by atoms with Crippen molar-refractivity contribution in [1.29, 1.82) is 0 Å². The molecule has 1 heterocycles. The Morgan fingerprint density at radius 2 is 1.57 bits per heavy atom. The van der Waals surface area contributed by atoms with Crippen LogP contribution in [0.1, 0.15) is 96.6 Å². The Bertz CT molecular complexity index is 2280. The highest BCUT2D eigenvalue weighted by atomic mass is 16.6. The molecule has 11 atom stereocenters. The summed E-state index contributed by atoms with van der Waals surface area (Å²) in [5.41, 5.74) is -3.48. The van der Waals surface area contributed by atoms with E-state index in [4.69, 9.17) is 38.9 Å². The second-order valence-corrected chi connectivity index (χ2v) is 19.2. The maximum absolute atomic E-state index is 15.2. The monoisotopic (exact) mass is 936 g/mol. The number of nitrogens with one attached hydrogen (secondary N) is 1. The van der Waals surface area contributed by atoms with Crippen LogP contribution in [0.5, 0.6) is 0 Å². The molecule has 19 nitrogen and oxygen atoms in total. The van der Waals surface area contributed by atoms with Crippen molar-refractivity contribution in [3.05, 3.63) is 82.9 Å². The zero-order chi connectivity index (χ0) is 49.4. The number of benzene rings is 2. The zero-order valence-electron chi connectivity index (χ0n) is 38.8. The minimum Gasteiger partial charge on any atom is -0.455 e. The quantitative estimate of drug-likeness (QED) is 0.110. The molecule has 6 N–H and O–H groups in total. The summed E-state index contributed by atoms with van der Waals surface area (Å²) in [6.07, 6.45) is -12.4. The number of hydrogen-bond acceptors (Lipinski definition) is 18. The number of fused-ring (bicyclic) bond motifs is 5. The first-order valence-electron chi connectivity index (χ1n) is 22.0. The summed E-state index contributed by atoms with van der Waals surface area (Å²) >= 11 is 0. The van der Waals surface area contributed by atoms with Gasteiger partial charge in [-0.25, -0.2) is 19.2 Å². The van der Waals surface area contributed by atoms with E-state index in [0.717, 1.165) is 6.92 Å². The lowest BCUT2D eigenvalue weighted by Crippen LogP contribution is -2.81. The number of aliphatic hydroxyl groups is 3. The normalized spacial score (nSPS) is 30.5. The van der Waals surface area contributed by atoms with Gasteiger partial charge < -0.3 is 59.5 Å². The van der Waals surface area contributed by atoms with E-state index < -0.39 is 131 Å². The predicted molar refractivity (Wildman–Crippen MR) is 232 cm³/mol. The molecule has 3 aliphatic carbocycles. The number of ether oxygens (including phenoxy) is 7. The summed E-state index contributed by atoms with van der Waals surface area (Å²) in [5.74, 6) is -7.75. The maximum Gasteiger partial charge on any atom is 0.408 e. The Balaban J connectivity index is 1.51. The van der Waals surface area contributed by atoms with Crippen LogP contribution in [-0.4, -0.2) is 130 Å². The second kappa shape index (κ2) is 19.1. The van der Waals surface area contributed by atoms with Crippen LogP contribution in [0.4, 0.5) is 4.79 Å². The first-order chi connectivity index (χ1) is 31.3. The van der Waals surface area contributed by atoms with Gasteiger partial charge in [-0.15, -0.1) is 0 Å². The number of ketones is 1. The van der Waals surface area contributed by atoms with Crippen molar-refractivity contribution in [1.82, 2.24) is 5.32 Å². The van der Waals surface area contributed by atoms with Gasteiger partial charge in [0.25, 0.3) is 0 Å². The minimum absolute atomic E-state index is 0.0341. The zero-order valence-corrected chi connectivity index (χ0v) is 38.8. The third-order valence-corrected chi connectivity index (χ3v) is 13.5. The smallest absolute Gasteiger partial charge is 0.408 e. The van der Waals surface area contributed by atoms with E-state index in [9.17, 15) is 44.1 Å². The number of carbonyl (C=O) groups excluding carboxylic acids is 7. The summed E-state index contributed by atoms with van der Waals surface area (Å²) in [4.78, 5) is 96.3. The number of amides is 1. The van der Waals surface area contributed by atoms with Crippen molar-refractivity contribution < 1.29 is 82.0 Å². The van der Waals surface area contributed by atoms with Gasteiger partial charge in [0.15, 0.2) is 18.0 Å². The van der Waals surface area contributed by atoms with E-state index in [1.165, 1.54) is 52.0 Å². The molecule has 1 amide bonds. The number of Topliss-reactive ketones (excluding diaryl/α,β-unsaturated/α-hetero) is 1. The summed E-state index contributed by atoms with van der Waals surface area (Å²) in [6, 6.07) is 14.1. The van der Waals surface area contributed by atoms with Crippen LogP contribution in [0.2, 0.25) is 0 Å². The Morgan fingerprint density at radius 1 is 0.940 bits per heavy atom. The van der Waals surface area contributed by atoms with Crippen molar-refractivity contribution in [2.45, 2.75) is 134 Å². The molecular formula is C48H60N2O17. The average molecular weight is 937 g/mol. The van der Waals surface area contributed by atoms with Gasteiger partial charge in [-0.3, -0.25) is 14.4 Å². The van der Waals surface area contributed by atoms with Crippen LogP contribution in [0, 0.1) is 16.7 Å². The summed E-state index contributed by atoms with van der Waals surface area (Å²) < 4.78 is 40.6. The third kappa shape index (κ3) is 9.56. The topological polar surface area (TPSA) is 283 Å². The number of nitrogens with two attached hydrogens (primary N) is 1. The molecule has 1 aliphatic heterocycles. The minimum atomic E-state index is -2.47. The Kier molecular flexibility index (Phi) is 14.5. The molecule has 3 fully saturated rings. The van der Waals surface area contributed by atoms with Crippen LogP contribution in [0.25, 0.3) is 0 Å². The van der Waals surface area contributed by atoms with E-state index in [2.05, 4.69) is 5.32 Å². The fourth-order valence-corrected chi connectivity index (χ4v) is 10.2. The van der Waals surface area contributed by atoms with Gasteiger partial charge in [-0.2, -0.15) is 0 Å². The largest absolute Gasteiger partial charge is 0.455 e. The average Bonchev–Trinajstić information content (AvgIpc) is 3.25. The summed E-state index contributed by atoms with van der Waals surface area (Å²) in [6.45, 7) is 10.4. The summed E-state index contributed by atoms with van der Waals surface area (Å²) in [5, 5.41) is 40.6. The van der Waals surface area contributed by atoms with Crippen LogP contribution in [-0.2, 0) is 57.1 Å². The van der Waals surface area contributed by atoms with E-state index >= 15 is 4.79 Å². The molecule has 2 unspecified atom stereocenters. The number of hydrogen-bond donors (Lipinski definition) is 5. The molecule has 2 saturated carbocycles. The lowest BCUT2D eigenvalue weighted by Gasteiger charge is -2.67. The van der Waals surface area contributed by atoms with Crippen LogP contribution >= 0.6 is 0 Å². The Morgan fingerprint density at radius 3 is 2.13 bits per heavy atom. The van der Waals surface area contributed by atoms with E-state index in [1.54, 1.807) is 57.2 Å². The summed E-state index contributed by atoms with van der Waals surface area (Å²) in [7, 11) is 0. The molecule has 1 saturated heterocycles. The molecule has 67 heavy (non-hydrogen) atoms. The maximum atomic E-state index is 15.2. The highest BCUT2D eigenvalue weighted by Crippen LogP contribution is 2.64. The van der Waals surface area contributed by atoms with E-state index in [-0.39, 0.29) is 48.3 Å². The first kappa shape index (κ1) is 50.7. The van der Waals surface area contributed by atoms with Gasteiger partial charge in [-0.05, 0) is 63.5 Å². The van der Waals surface area contributed by atoms with Crippen LogP contribution < -0.4 is 11.1 Å².